The molecule has 1 N–H and O–H groups in total. The van der Waals surface area contributed by atoms with Crippen molar-refractivity contribution >= 4 is 16.4 Å². The number of rotatable bonds is 1. The van der Waals surface area contributed by atoms with Crippen LogP contribution in [0, 0.1) is 0 Å². The molecule has 0 heterocycles. The van der Waals surface area contributed by atoms with Gasteiger partial charge in [-0.2, -0.15) is 0 Å². The van der Waals surface area contributed by atoms with Gasteiger partial charge >= 0.3 is 31.4 Å². The first-order valence-electron chi connectivity index (χ1n) is 0.791. The first kappa shape index (κ1) is 4.48. The second kappa shape index (κ2) is 3.48. The molecule has 0 aromatic carbocycles. The Morgan fingerprint density at radius 2 is 2.25 bits per heavy atom. The second-order valence-electron chi connectivity index (χ2n) is 0.264. The van der Waals surface area contributed by atoms with Crippen LogP contribution in [0.1, 0.15) is 0 Å². The SMILES string of the molecule is CO[As]O. The van der Waals surface area contributed by atoms with Gasteiger partial charge in [-0.15, -0.1) is 0 Å². The normalized spacial score (nSPS) is 10.5. The van der Waals surface area contributed by atoms with Crippen molar-refractivity contribution in [3.63, 3.8) is 0 Å². The van der Waals surface area contributed by atoms with Gasteiger partial charge in [-0.1, -0.05) is 0 Å². The second-order valence-corrected chi connectivity index (χ2v) is 1.37. The minimum atomic E-state index is -0.785. The van der Waals surface area contributed by atoms with Gasteiger partial charge in [-0.05, 0) is 0 Å². The van der Waals surface area contributed by atoms with Crippen molar-refractivity contribution in [3.05, 3.63) is 0 Å². The molecule has 0 amide bonds. The van der Waals surface area contributed by atoms with E-state index in [9.17, 15) is 0 Å². The third-order valence-electron chi connectivity index (χ3n) is 0.0816. The van der Waals surface area contributed by atoms with Crippen molar-refractivity contribution in [2.75, 3.05) is 7.11 Å². The van der Waals surface area contributed by atoms with Gasteiger partial charge in [-0.25, -0.2) is 0 Å². The fourth-order valence-corrected chi connectivity index (χ4v) is 0. The fraction of sp³-hybridized carbons (Fsp3) is 1.00. The molecule has 0 fully saturated rings. The molecule has 3 heteroatoms. The first-order valence-corrected chi connectivity index (χ1v) is 2.40. The first-order chi connectivity index (χ1) is 1.91. The number of hydrogen-bond acceptors (Lipinski definition) is 2. The summed E-state index contributed by atoms with van der Waals surface area (Å²) in [5.41, 5.74) is 0. The van der Waals surface area contributed by atoms with E-state index < -0.39 is 16.4 Å². The van der Waals surface area contributed by atoms with Crippen LogP contribution in [0.4, 0.5) is 0 Å². The van der Waals surface area contributed by atoms with Crippen molar-refractivity contribution in [1.82, 2.24) is 0 Å². The Hall–Kier alpha value is 0.478. The quantitative estimate of drug-likeness (QED) is 0.460. The monoisotopic (exact) mass is 123 g/mol. The van der Waals surface area contributed by atoms with Crippen LogP contribution in [0.3, 0.4) is 0 Å². The van der Waals surface area contributed by atoms with Gasteiger partial charge in [0, 0.05) is 0 Å². The van der Waals surface area contributed by atoms with Crippen LogP contribution in [0.2, 0.25) is 0 Å². The van der Waals surface area contributed by atoms with E-state index in [1.54, 1.807) is 0 Å². The summed E-state index contributed by atoms with van der Waals surface area (Å²) >= 11 is -0.785. The molecule has 2 nitrogen and oxygen atoms in total. The number of hydrogen-bond donors (Lipinski definition) is 1. The summed E-state index contributed by atoms with van der Waals surface area (Å²) in [5, 5.41) is 0. The molecular weight excluding hydrogens is 119 g/mol. The van der Waals surface area contributed by atoms with Crippen molar-refractivity contribution < 1.29 is 7.82 Å². The van der Waals surface area contributed by atoms with E-state index in [0.717, 1.165) is 0 Å². The van der Waals surface area contributed by atoms with Crippen LogP contribution in [-0.2, 0) is 3.73 Å². The van der Waals surface area contributed by atoms with Gasteiger partial charge < -0.3 is 0 Å². The van der Waals surface area contributed by atoms with E-state index in [1.807, 2.05) is 0 Å². The third kappa shape index (κ3) is 2.48. The molecule has 0 aromatic heterocycles. The van der Waals surface area contributed by atoms with Crippen LogP contribution in [-0.4, -0.2) is 27.6 Å². The molecule has 0 saturated heterocycles. The molecule has 0 aliphatic rings. The third-order valence-corrected chi connectivity index (χ3v) is 0.424. The zero-order valence-corrected chi connectivity index (χ0v) is 4.18. The predicted octanol–water partition coefficient (Wildman–Crippen LogP) is -0.841. The van der Waals surface area contributed by atoms with E-state index >= 15 is 0 Å². The Balaban J connectivity index is 1.97. The summed E-state index contributed by atoms with van der Waals surface area (Å²) in [7, 11) is 1.47. The molecule has 0 atom stereocenters. The molecule has 0 saturated carbocycles. The molecular formula is CH4AsO2. The van der Waals surface area contributed by atoms with Crippen LogP contribution < -0.4 is 0 Å². The van der Waals surface area contributed by atoms with E-state index in [1.165, 1.54) is 7.11 Å². The van der Waals surface area contributed by atoms with Crippen LogP contribution in [0.15, 0.2) is 0 Å². The minimum absolute atomic E-state index is 0.785. The summed E-state index contributed by atoms with van der Waals surface area (Å²) < 4.78 is 11.9. The van der Waals surface area contributed by atoms with Gasteiger partial charge in [0.25, 0.3) is 0 Å². The van der Waals surface area contributed by atoms with Crippen molar-refractivity contribution in [2.24, 2.45) is 0 Å². The summed E-state index contributed by atoms with van der Waals surface area (Å²) in [6.45, 7) is 0. The van der Waals surface area contributed by atoms with Gasteiger partial charge in [0.15, 0.2) is 0 Å². The van der Waals surface area contributed by atoms with E-state index in [4.69, 9.17) is 4.10 Å². The maximum atomic E-state index is 7.75. The average molecular weight is 123 g/mol. The fourth-order valence-electron chi connectivity index (χ4n) is 0. The van der Waals surface area contributed by atoms with Crippen molar-refractivity contribution in [3.8, 4) is 0 Å². The standard InChI is InChI=1S/CH4AsO2/c1-4-2-3/h3H,1H3. The van der Waals surface area contributed by atoms with Gasteiger partial charge in [0.2, 0.25) is 0 Å². The molecule has 0 rings (SSSR count). The Labute approximate surface area is 32.2 Å². The molecule has 0 spiro atoms. The summed E-state index contributed by atoms with van der Waals surface area (Å²) in [6, 6.07) is 0. The van der Waals surface area contributed by atoms with E-state index in [2.05, 4.69) is 3.73 Å². The topological polar surface area (TPSA) is 29.5 Å². The van der Waals surface area contributed by atoms with Crippen LogP contribution in [0.25, 0.3) is 0 Å². The van der Waals surface area contributed by atoms with Crippen LogP contribution >= 0.6 is 0 Å². The molecule has 0 aliphatic heterocycles. The molecule has 4 heavy (non-hydrogen) atoms. The van der Waals surface area contributed by atoms with Crippen LogP contribution in [0.5, 0.6) is 0 Å². The molecule has 0 bridgehead atoms. The average Bonchev–Trinajstić information content (AvgIpc) is 1.37. The predicted molar refractivity (Wildman–Crippen MR) is 15.0 cm³/mol. The molecule has 0 aliphatic carbocycles. The molecule has 25 valence electrons. The van der Waals surface area contributed by atoms with Crippen molar-refractivity contribution in [2.45, 2.75) is 0 Å². The summed E-state index contributed by atoms with van der Waals surface area (Å²) in [5.74, 6) is 0. The Morgan fingerprint density at radius 3 is 2.25 bits per heavy atom. The zero-order chi connectivity index (χ0) is 3.41. The van der Waals surface area contributed by atoms with Gasteiger partial charge in [0.1, 0.15) is 0 Å². The zero-order valence-electron chi connectivity index (χ0n) is 2.30. The summed E-state index contributed by atoms with van der Waals surface area (Å²) in [4.78, 5) is 0. The summed E-state index contributed by atoms with van der Waals surface area (Å²) in [6.07, 6.45) is 0. The molecule has 0 unspecified atom stereocenters. The Kier molecular flexibility index (Phi) is 3.89. The van der Waals surface area contributed by atoms with Crippen molar-refractivity contribution in [1.29, 1.82) is 0 Å². The van der Waals surface area contributed by atoms with Gasteiger partial charge in [0.05, 0.1) is 0 Å². The Bertz CT molecular complexity index is 8.00. The molecule has 0 aromatic rings. The van der Waals surface area contributed by atoms with E-state index in [-0.39, 0.29) is 0 Å². The van der Waals surface area contributed by atoms with Gasteiger partial charge in [-0.3, -0.25) is 0 Å². The molecule has 1 radical (unpaired) electrons. The maximum absolute atomic E-state index is 7.75. The Morgan fingerprint density at radius 1 is 2.00 bits per heavy atom. The van der Waals surface area contributed by atoms with E-state index in [0.29, 0.717) is 0 Å².